The normalized spacial score (nSPS) is 20.4. The molecule has 1 aromatic heterocycles. The van der Waals surface area contributed by atoms with E-state index in [1.807, 2.05) is 19.4 Å². The van der Waals surface area contributed by atoms with Crippen LogP contribution in [0.4, 0.5) is 5.69 Å². The monoisotopic (exact) mass is 219 g/mol. The molecule has 0 spiro atoms. The average Bonchev–Trinajstić information content (AvgIpc) is 2.79. The van der Waals surface area contributed by atoms with Crippen molar-refractivity contribution in [2.75, 3.05) is 25.0 Å². The Morgan fingerprint density at radius 1 is 1.56 bits per heavy atom. The van der Waals surface area contributed by atoms with E-state index < -0.39 is 0 Å². The number of nitrogens with zero attached hydrogens (tertiary/aromatic N) is 2. The number of rotatable bonds is 4. The third kappa shape index (κ3) is 2.35. The van der Waals surface area contributed by atoms with Gasteiger partial charge in [-0.25, -0.2) is 0 Å². The average molecular weight is 219 g/mol. The fourth-order valence-corrected chi connectivity index (χ4v) is 2.44. The van der Waals surface area contributed by atoms with Gasteiger partial charge in [-0.1, -0.05) is 13.3 Å². The lowest BCUT2D eigenvalue weighted by Crippen LogP contribution is -2.22. The Hall–Kier alpha value is -1.09. The van der Waals surface area contributed by atoms with Crippen molar-refractivity contribution in [1.82, 2.24) is 10.3 Å². The van der Waals surface area contributed by atoms with Crippen molar-refractivity contribution in [2.45, 2.75) is 26.3 Å². The van der Waals surface area contributed by atoms with Gasteiger partial charge in [-0.05, 0) is 25.5 Å². The quantitative estimate of drug-likeness (QED) is 0.840. The van der Waals surface area contributed by atoms with E-state index in [4.69, 9.17) is 0 Å². The Morgan fingerprint density at radius 3 is 3.12 bits per heavy atom. The smallest absolute Gasteiger partial charge is 0.0442 e. The minimum atomic E-state index is 0.871. The molecule has 1 unspecified atom stereocenters. The molecule has 0 saturated carbocycles. The number of hydrogen-bond acceptors (Lipinski definition) is 3. The van der Waals surface area contributed by atoms with Crippen LogP contribution in [0, 0.1) is 5.92 Å². The van der Waals surface area contributed by atoms with E-state index in [0.717, 1.165) is 12.5 Å². The van der Waals surface area contributed by atoms with Crippen molar-refractivity contribution >= 4 is 5.69 Å². The molecule has 2 heterocycles. The first-order valence-electron chi connectivity index (χ1n) is 6.17. The molecule has 1 aliphatic heterocycles. The Labute approximate surface area is 97.9 Å². The van der Waals surface area contributed by atoms with Crippen molar-refractivity contribution in [3.63, 3.8) is 0 Å². The molecule has 1 aromatic rings. The molecule has 0 aliphatic carbocycles. The number of anilines is 1. The maximum atomic E-state index is 4.21. The zero-order valence-electron chi connectivity index (χ0n) is 10.2. The minimum Gasteiger partial charge on any atom is -0.371 e. The van der Waals surface area contributed by atoms with Crippen molar-refractivity contribution < 1.29 is 0 Å². The van der Waals surface area contributed by atoms with Gasteiger partial charge < -0.3 is 10.2 Å². The van der Waals surface area contributed by atoms with Crippen molar-refractivity contribution in [1.29, 1.82) is 0 Å². The predicted octanol–water partition coefficient (Wildman–Crippen LogP) is 2.04. The summed E-state index contributed by atoms with van der Waals surface area (Å²) in [5.74, 6) is 0.871. The summed E-state index contributed by atoms with van der Waals surface area (Å²) in [5, 5.41) is 3.21. The maximum absolute atomic E-state index is 4.21. The highest BCUT2D eigenvalue weighted by molar-refractivity contribution is 5.53. The van der Waals surface area contributed by atoms with Gasteiger partial charge >= 0.3 is 0 Å². The predicted molar refractivity (Wildman–Crippen MR) is 67.6 cm³/mol. The Morgan fingerprint density at radius 2 is 2.44 bits per heavy atom. The molecule has 0 bridgehead atoms. The highest BCUT2D eigenvalue weighted by Gasteiger charge is 2.22. The van der Waals surface area contributed by atoms with Crippen LogP contribution in [0.25, 0.3) is 0 Å². The largest absolute Gasteiger partial charge is 0.371 e. The zero-order chi connectivity index (χ0) is 11.4. The summed E-state index contributed by atoms with van der Waals surface area (Å²) < 4.78 is 0. The summed E-state index contributed by atoms with van der Waals surface area (Å²) in [4.78, 5) is 6.71. The summed E-state index contributed by atoms with van der Waals surface area (Å²) in [5.41, 5.74) is 2.67. The van der Waals surface area contributed by atoms with Crippen molar-refractivity contribution in [3.05, 3.63) is 24.0 Å². The third-order valence-electron chi connectivity index (χ3n) is 3.45. The van der Waals surface area contributed by atoms with Crippen LogP contribution >= 0.6 is 0 Å². The summed E-state index contributed by atoms with van der Waals surface area (Å²) in [6.45, 7) is 5.59. The molecule has 16 heavy (non-hydrogen) atoms. The molecular formula is C13H21N3. The van der Waals surface area contributed by atoms with Gasteiger partial charge in [0.15, 0.2) is 0 Å². The summed E-state index contributed by atoms with van der Waals surface area (Å²) >= 11 is 0. The van der Waals surface area contributed by atoms with Crippen molar-refractivity contribution in [3.8, 4) is 0 Å². The maximum Gasteiger partial charge on any atom is 0.0442 e. The van der Waals surface area contributed by atoms with E-state index in [1.165, 1.54) is 37.2 Å². The van der Waals surface area contributed by atoms with E-state index in [1.54, 1.807) is 0 Å². The fraction of sp³-hybridized carbons (Fsp3) is 0.615. The van der Waals surface area contributed by atoms with E-state index in [-0.39, 0.29) is 0 Å². The molecule has 3 nitrogen and oxygen atoms in total. The Bertz CT molecular complexity index is 338. The van der Waals surface area contributed by atoms with Crippen molar-refractivity contribution in [2.24, 2.45) is 5.92 Å². The topological polar surface area (TPSA) is 28.2 Å². The molecule has 1 saturated heterocycles. The molecule has 0 radical (unpaired) electrons. The lowest BCUT2D eigenvalue weighted by molar-refractivity contribution is 0.569. The van der Waals surface area contributed by atoms with Crippen LogP contribution in [-0.2, 0) is 6.54 Å². The molecule has 88 valence electrons. The lowest BCUT2D eigenvalue weighted by atomic mass is 10.1. The van der Waals surface area contributed by atoms with Gasteiger partial charge in [-0.2, -0.15) is 0 Å². The Balaban J connectivity index is 2.14. The van der Waals surface area contributed by atoms with Crippen LogP contribution in [0.3, 0.4) is 0 Å². The number of aromatic nitrogens is 1. The van der Waals surface area contributed by atoms with Crippen LogP contribution in [0.15, 0.2) is 18.5 Å². The summed E-state index contributed by atoms with van der Waals surface area (Å²) in [6, 6.07) is 2.14. The van der Waals surface area contributed by atoms with Gasteiger partial charge in [-0.3, -0.25) is 4.98 Å². The highest BCUT2D eigenvalue weighted by atomic mass is 15.2. The van der Waals surface area contributed by atoms with E-state index in [2.05, 4.69) is 28.2 Å². The fourth-order valence-electron chi connectivity index (χ4n) is 2.44. The van der Waals surface area contributed by atoms with Crippen LogP contribution in [0.1, 0.15) is 25.3 Å². The minimum absolute atomic E-state index is 0.871. The number of nitrogens with one attached hydrogen (secondary N) is 1. The first-order chi connectivity index (χ1) is 7.85. The second-order valence-electron chi connectivity index (χ2n) is 4.54. The standard InChI is InChI=1S/C13H21N3/c1-3-11-5-7-16(10-11)13-4-6-15-9-12(13)8-14-2/h4,6,9,11,14H,3,5,7-8,10H2,1-2H3. The summed E-state index contributed by atoms with van der Waals surface area (Å²) in [7, 11) is 1.98. The number of pyridine rings is 1. The molecule has 0 amide bonds. The first-order valence-corrected chi connectivity index (χ1v) is 6.17. The molecule has 2 rings (SSSR count). The molecule has 1 fully saturated rings. The molecular weight excluding hydrogens is 198 g/mol. The van der Waals surface area contributed by atoms with Gasteiger partial charge in [0.2, 0.25) is 0 Å². The van der Waals surface area contributed by atoms with Crippen LogP contribution in [0.2, 0.25) is 0 Å². The van der Waals surface area contributed by atoms with Gasteiger partial charge in [0.05, 0.1) is 0 Å². The van der Waals surface area contributed by atoms with E-state index in [9.17, 15) is 0 Å². The molecule has 3 heteroatoms. The van der Waals surface area contributed by atoms with Gasteiger partial charge in [0.25, 0.3) is 0 Å². The van der Waals surface area contributed by atoms with Gasteiger partial charge in [0.1, 0.15) is 0 Å². The first kappa shape index (κ1) is 11.4. The molecule has 1 aliphatic rings. The zero-order valence-corrected chi connectivity index (χ0v) is 10.2. The molecule has 1 atom stereocenters. The summed E-state index contributed by atoms with van der Waals surface area (Å²) in [6.07, 6.45) is 6.50. The highest BCUT2D eigenvalue weighted by Crippen LogP contribution is 2.27. The van der Waals surface area contributed by atoms with Crippen LogP contribution < -0.4 is 10.2 Å². The van der Waals surface area contributed by atoms with Gasteiger partial charge in [-0.15, -0.1) is 0 Å². The molecule has 0 aromatic carbocycles. The van der Waals surface area contributed by atoms with Crippen LogP contribution in [-0.4, -0.2) is 25.1 Å². The SMILES string of the molecule is CCC1CCN(c2ccncc2CNC)C1. The number of hydrogen-bond donors (Lipinski definition) is 1. The van der Waals surface area contributed by atoms with Gasteiger partial charge in [0, 0.05) is 43.3 Å². The van der Waals surface area contributed by atoms with E-state index in [0.29, 0.717) is 0 Å². The molecule has 1 N–H and O–H groups in total. The second-order valence-corrected chi connectivity index (χ2v) is 4.54. The second kappa shape index (κ2) is 5.30. The Kier molecular flexibility index (Phi) is 3.78. The third-order valence-corrected chi connectivity index (χ3v) is 3.45. The van der Waals surface area contributed by atoms with Crippen LogP contribution in [0.5, 0.6) is 0 Å². The van der Waals surface area contributed by atoms with E-state index >= 15 is 0 Å². The lowest BCUT2D eigenvalue weighted by Gasteiger charge is -2.21.